The molecule has 0 radical (unpaired) electrons. The van der Waals surface area contributed by atoms with Gasteiger partial charge < -0.3 is 14.2 Å². The SMILES string of the molecule is COc1ccccc1OC(=O)c1cccc(C(=O)OCC(C)C)n1. The Hall–Kier alpha value is -2.89. The van der Waals surface area contributed by atoms with Crippen LogP contribution in [-0.4, -0.2) is 30.6 Å². The highest BCUT2D eigenvalue weighted by Crippen LogP contribution is 2.26. The Balaban J connectivity index is 2.13. The van der Waals surface area contributed by atoms with Crippen LogP contribution in [0.5, 0.6) is 11.5 Å². The highest BCUT2D eigenvalue weighted by molar-refractivity contribution is 5.92. The fourth-order valence-corrected chi connectivity index (χ4v) is 1.83. The minimum Gasteiger partial charge on any atom is -0.493 e. The molecule has 1 heterocycles. The monoisotopic (exact) mass is 329 g/mol. The standard InChI is InChI=1S/C18H19NO5/c1-12(2)11-23-17(20)13-7-6-8-14(19-13)18(21)24-16-10-5-4-9-15(16)22-3/h4-10,12H,11H2,1-3H3. The smallest absolute Gasteiger partial charge is 0.362 e. The van der Waals surface area contributed by atoms with Gasteiger partial charge >= 0.3 is 11.9 Å². The summed E-state index contributed by atoms with van der Waals surface area (Å²) in [5.74, 6) is -0.334. The van der Waals surface area contributed by atoms with Gasteiger partial charge in [0.25, 0.3) is 0 Å². The van der Waals surface area contributed by atoms with Gasteiger partial charge in [0.15, 0.2) is 11.5 Å². The number of methoxy groups -OCH3 is 1. The normalized spacial score (nSPS) is 10.3. The molecule has 0 aliphatic carbocycles. The maximum absolute atomic E-state index is 12.2. The third-order valence-corrected chi connectivity index (χ3v) is 2.99. The Bertz CT molecular complexity index is 727. The lowest BCUT2D eigenvalue weighted by Gasteiger charge is -2.09. The summed E-state index contributed by atoms with van der Waals surface area (Å²) >= 11 is 0. The predicted octanol–water partition coefficient (Wildman–Crippen LogP) is 3.12. The van der Waals surface area contributed by atoms with Crippen LogP contribution in [0.1, 0.15) is 34.8 Å². The first-order valence-corrected chi connectivity index (χ1v) is 7.50. The molecule has 0 spiro atoms. The molecule has 0 saturated carbocycles. The molecular formula is C18H19NO5. The van der Waals surface area contributed by atoms with E-state index in [0.717, 1.165) is 0 Å². The van der Waals surface area contributed by atoms with Gasteiger partial charge in [-0.3, -0.25) is 0 Å². The van der Waals surface area contributed by atoms with Gasteiger partial charge in [0.2, 0.25) is 0 Å². The fourth-order valence-electron chi connectivity index (χ4n) is 1.83. The molecule has 0 unspecified atom stereocenters. The second kappa shape index (κ2) is 8.10. The Morgan fingerprint density at radius 1 is 0.958 bits per heavy atom. The average molecular weight is 329 g/mol. The van der Waals surface area contributed by atoms with E-state index in [2.05, 4.69) is 4.98 Å². The summed E-state index contributed by atoms with van der Waals surface area (Å²) in [6.45, 7) is 4.15. The Labute approximate surface area is 140 Å². The van der Waals surface area contributed by atoms with Crippen molar-refractivity contribution in [3.8, 4) is 11.5 Å². The van der Waals surface area contributed by atoms with E-state index in [-0.39, 0.29) is 29.7 Å². The van der Waals surface area contributed by atoms with Crippen molar-refractivity contribution in [1.29, 1.82) is 0 Å². The molecule has 2 rings (SSSR count). The molecular weight excluding hydrogens is 310 g/mol. The molecule has 126 valence electrons. The topological polar surface area (TPSA) is 74.7 Å². The minimum absolute atomic E-state index is 0.0138. The van der Waals surface area contributed by atoms with E-state index >= 15 is 0 Å². The van der Waals surface area contributed by atoms with E-state index in [0.29, 0.717) is 5.75 Å². The van der Waals surface area contributed by atoms with E-state index in [1.54, 1.807) is 30.3 Å². The van der Waals surface area contributed by atoms with Crippen molar-refractivity contribution in [2.24, 2.45) is 5.92 Å². The molecule has 1 aromatic carbocycles. The molecule has 0 amide bonds. The number of hydrogen-bond acceptors (Lipinski definition) is 6. The van der Waals surface area contributed by atoms with Gasteiger partial charge in [0.1, 0.15) is 11.4 Å². The van der Waals surface area contributed by atoms with Crippen molar-refractivity contribution in [3.63, 3.8) is 0 Å². The molecule has 0 fully saturated rings. The number of pyridine rings is 1. The number of benzene rings is 1. The Morgan fingerprint density at radius 2 is 1.58 bits per heavy atom. The quantitative estimate of drug-likeness (QED) is 0.599. The lowest BCUT2D eigenvalue weighted by molar-refractivity contribution is 0.0452. The number of aromatic nitrogens is 1. The van der Waals surface area contributed by atoms with E-state index in [1.165, 1.54) is 19.2 Å². The van der Waals surface area contributed by atoms with Crippen molar-refractivity contribution < 1.29 is 23.8 Å². The Kier molecular flexibility index (Phi) is 5.89. The lowest BCUT2D eigenvalue weighted by Crippen LogP contribution is -2.16. The summed E-state index contributed by atoms with van der Waals surface area (Å²) in [7, 11) is 1.48. The second-order valence-corrected chi connectivity index (χ2v) is 5.44. The number of esters is 2. The van der Waals surface area contributed by atoms with E-state index < -0.39 is 11.9 Å². The average Bonchev–Trinajstić information content (AvgIpc) is 2.60. The third-order valence-electron chi connectivity index (χ3n) is 2.99. The van der Waals surface area contributed by atoms with Crippen molar-refractivity contribution in [3.05, 3.63) is 53.9 Å². The second-order valence-electron chi connectivity index (χ2n) is 5.44. The van der Waals surface area contributed by atoms with E-state index in [4.69, 9.17) is 14.2 Å². The molecule has 0 aliphatic rings. The summed E-state index contributed by atoms with van der Waals surface area (Å²) in [4.78, 5) is 28.2. The molecule has 1 aromatic heterocycles. The number of carbonyl (C=O) groups excluding carboxylic acids is 2. The van der Waals surface area contributed by atoms with Crippen molar-refractivity contribution in [1.82, 2.24) is 4.98 Å². The van der Waals surface area contributed by atoms with Gasteiger partial charge in [-0.1, -0.05) is 32.0 Å². The van der Waals surface area contributed by atoms with Gasteiger partial charge in [-0.15, -0.1) is 0 Å². The summed E-state index contributed by atoms with van der Waals surface area (Å²) in [6.07, 6.45) is 0. The van der Waals surface area contributed by atoms with Crippen molar-refractivity contribution in [2.45, 2.75) is 13.8 Å². The summed E-state index contributed by atoms with van der Waals surface area (Å²) in [5, 5.41) is 0. The molecule has 0 bridgehead atoms. The van der Waals surface area contributed by atoms with Crippen LogP contribution < -0.4 is 9.47 Å². The van der Waals surface area contributed by atoms with Gasteiger partial charge in [-0.05, 0) is 30.2 Å². The van der Waals surface area contributed by atoms with Crippen LogP contribution in [0.4, 0.5) is 0 Å². The number of hydrogen-bond donors (Lipinski definition) is 0. The third kappa shape index (κ3) is 4.55. The molecule has 24 heavy (non-hydrogen) atoms. The van der Waals surface area contributed by atoms with Crippen LogP contribution in [0.15, 0.2) is 42.5 Å². The zero-order valence-electron chi connectivity index (χ0n) is 13.8. The van der Waals surface area contributed by atoms with Gasteiger partial charge in [-0.2, -0.15) is 0 Å². The lowest BCUT2D eigenvalue weighted by atomic mass is 10.2. The molecule has 6 nitrogen and oxygen atoms in total. The largest absolute Gasteiger partial charge is 0.493 e. The molecule has 0 aliphatic heterocycles. The highest BCUT2D eigenvalue weighted by Gasteiger charge is 2.16. The van der Waals surface area contributed by atoms with Gasteiger partial charge in [-0.25, -0.2) is 14.6 Å². The number of ether oxygens (including phenoxy) is 3. The van der Waals surface area contributed by atoms with Crippen LogP contribution in [0.25, 0.3) is 0 Å². The first-order valence-electron chi connectivity index (χ1n) is 7.50. The van der Waals surface area contributed by atoms with E-state index in [1.807, 2.05) is 13.8 Å². The molecule has 0 N–H and O–H groups in total. The van der Waals surface area contributed by atoms with Crippen LogP contribution in [0, 0.1) is 5.92 Å². The summed E-state index contributed by atoms with van der Waals surface area (Å²) < 4.78 is 15.5. The minimum atomic E-state index is -0.682. The van der Waals surface area contributed by atoms with Crippen molar-refractivity contribution in [2.75, 3.05) is 13.7 Å². The Morgan fingerprint density at radius 3 is 2.21 bits per heavy atom. The first-order chi connectivity index (χ1) is 11.5. The number of para-hydroxylation sites is 2. The van der Waals surface area contributed by atoms with Crippen LogP contribution in [0.3, 0.4) is 0 Å². The molecule has 0 atom stereocenters. The van der Waals surface area contributed by atoms with Crippen molar-refractivity contribution >= 4 is 11.9 Å². The number of nitrogens with zero attached hydrogens (tertiary/aromatic N) is 1. The molecule has 2 aromatic rings. The summed E-state index contributed by atoms with van der Waals surface area (Å²) in [6, 6.07) is 11.3. The first kappa shape index (κ1) is 17.5. The van der Waals surface area contributed by atoms with Crippen LogP contribution in [0.2, 0.25) is 0 Å². The zero-order chi connectivity index (χ0) is 17.5. The zero-order valence-corrected chi connectivity index (χ0v) is 13.8. The number of rotatable bonds is 6. The summed E-state index contributed by atoms with van der Waals surface area (Å²) in [5.41, 5.74) is 0.0741. The van der Waals surface area contributed by atoms with Gasteiger partial charge in [0.05, 0.1) is 13.7 Å². The molecule has 6 heteroatoms. The maximum atomic E-state index is 12.2. The maximum Gasteiger partial charge on any atom is 0.362 e. The van der Waals surface area contributed by atoms with Crippen LogP contribution >= 0.6 is 0 Å². The van der Waals surface area contributed by atoms with Crippen LogP contribution in [-0.2, 0) is 4.74 Å². The highest BCUT2D eigenvalue weighted by atomic mass is 16.6. The van der Waals surface area contributed by atoms with E-state index in [9.17, 15) is 9.59 Å². The molecule has 0 saturated heterocycles. The van der Waals surface area contributed by atoms with Gasteiger partial charge in [0, 0.05) is 0 Å². The number of carbonyl (C=O) groups is 2. The predicted molar refractivity (Wildman–Crippen MR) is 87.3 cm³/mol. The fraction of sp³-hybridized carbons (Fsp3) is 0.278.